The van der Waals surface area contributed by atoms with Crippen molar-refractivity contribution in [3.63, 3.8) is 0 Å². The number of carboxylic acids is 1. The average molecular weight is 496 g/mol. The number of aryl methyl sites for hydroxylation is 1. The molecule has 3 aromatic rings. The third-order valence-electron chi connectivity index (χ3n) is 7.34. The fourth-order valence-electron chi connectivity index (χ4n) is 5.90. The maximum atomic E-state index is 11.7. The van der Waals surface area contributed by atoms with E-state index in [2.05, 4.69) is 82.8 Å². The summed E-state index contributed by atoms with van der Waals surface area (Å²) in [5.41, 5.74) is 3.44. The van der Waals surface area contributed by atoms with Crippen LogP contribution in [0.2, 0.25) is 0 Å². The van der Waals surface area contributed by atoms with Crippen molar-refractivity contribution in [2.24, 2.45) is 5.92 Å². The Hall–Kier alpha value is -2.11. The van der Waals surface area contributed by atoms with Crippen LogP contribution in [-0.4, -0.2) is 11.1 Å². The molecule has 1 aromatic heterocycles. The number of benzene rings is 2. The van der Waals surface area contributed by atoms with Crippen LogP contribution in [0.4, 0.5) is 5.69 Å². The predicted molar refractivity (Wildman–Crippen MR) is 130 cm³/mol. The van der Waals surface area contributed by atoms with Crippen LogP contribution in [0.3, 0.4) is 0 Å². The number of thiophene rings is 1. The zero-order valence-electron chi connectivity index (χ0n) is 17.5. The maximum Gasteiger partial charge on any atom is 0.306 e. The number of fused-ring (bicyclic) bond motifs is 2. The van der Waals surface area contributed by atoms with Crippen molar-refractivity contribution in [2.45, 2.75) is 50.0 Å². The zero-order chi connectivity index (χ0) is 21.6. The highest BCUT2D eigenvalue weighted by Crippen LogP contribution is 2.61. The standard InChI is InChI=1S/C26H26BrNO2S/c1-17-9-10-23(31-17)26(28-21-7-4-6-20(27)15-21)16-19-5-2-3-8-22(19)25(26)13-11-18(12-14-25)24(29)30/h2-10,15,18,28H,11-14,16H2,1H3,(H,29,30). The van der Waals surface area contributed by atoms with Gasteiger partial charge < -0.3 is 10.4 Å². The van der Waals surface area contributed by atoms with E-state index in [0.29, 0.717) is 0 Å². The van der Waals surface area contributed by atoms with E-state index in [4.69, 9.17) is 0 Å². The van der Waals surface area contributed by atoms with Gasteiger partial charge in [-0.25, -0.2) is 0 Å². The van der Waals surface area contributed by atoms with Crippen LogP contribution in [0.1, 0.15) is 46.6 Å². The summed E-state index contributed by atoms with van der Waals surface area (Å²) in [5.74, 6) is -0.898. The number of carboxylic acid groups (broad SMARTS) is 1. The molecule has 5 rings (SSSR count). The van der Waals surface area contributed by atoms with Gasteiger partial charge in [-0.2, -0.15) is 0 Å². The number of anilines is 1. The average Bonchev–Trinajstić information content (AvgIpc) is 3.30. The lowest BCUT2D eigenvalue weighted by Gasteiger charge is -2.50. The fourth-order valence-corrected chi connectivity index (χ4v) is 7.42. The topological polar surface area (TPSA) is 49.3 Å². The highest BCUT2D eigenvalue weighted by molar-refractivity contribution is 9.10. The van der Waals surface area contributed by atoms with E-state index in [1.54, 1.807) is 0 Å². The minimum atomic E-state index is -0.654. The molecule has 1 unspecified atom stereocenters. The van der Waals surface area contributed by atoms with Gasteiger partial charge in [0.2, 0.25) is 0 Å². The molecule has 0 saturated heterocycles. The van der Waals surface area contributed by atoms with Gasteiger partial charge in [-0.1, -0.05) is 46.3 Å². The minimum absolute atomic E-state index is 0.130. The molecule has 0 bridgehead atoms. The summed E-state index contributed by atoms with van der Waals surface area (Å²) in [4.78, 5) is 14.4. The van der Waals surface area contributed by atoms with E-state index in [0.717, 1.165) is 42.3 Å². The molecule has 2 aromatic carbocycles. The van der Waals surface area contributed by atoms with Crippen LogP contribution >= 0.6 is 27.3 Å². The van der Waals surface area contributed by atoms with E-state index in [1.165, 1.54) is 20.9 Å². The van der Waals surface area contributed by atoms with Crippen molar-refractivity contribution in [2.75, 3.05) is 5.32 Å². The first kappa shape index (κ1) is 20.8. The highest BCUT2D eigenvalue weighted by atomic mass is 79.9. The van der Waals surface area contributed by atoms with Gasteiger partial charge in [0.1, 0.15) is 0 Å². The van der Waals surface area contributed by atoms with Crippen LogP contribution in [-0.2, 0) is 22.2 Å². The van der Waals surface area contributed by atoms with Gasteiger partial charge in [0.25, 0.3) is 0 Å². The Morgan fingerprint density at radius 3 is 2.55 bits per heavy atom. The zero-order valence-corrected chi connectivity index (χ0v) is 19.9. The largest absolute Gasteiger partial charge is 0.481 e. The number of nitrogens with one attached hydrogen (secondary N) is 1. The second-order valence-corrected chi connectivity index (χ2v) is 11.2. The Morgan fingerprint density at radius 1 is 1.10 bits per heavy atom. The molecule has 5 heteroatoms. The lowest BCUT2D eigenvalue weighted by atomic mass is 9.59. The number of rotatable bonds is 4. The van der Waals surface area contributed by atoms with E-state index in [-0.39, 0.29) is 16.9 Å². The normalized spacial score (nSPS) is 27.2. The summed E-state index contributed by atoms with van der Waals surface area (Å²) in [5, 5.41) is 13.7. The van der Waals surface area contributed by atoms with Crippen molar-refractivity contribution in [3.05, 3.63) is 86.0 Å². The minimum Gasteiger partial charge on any atom is -0.481 e. The molecule has 160 valence electrons. The van der Waals surface area contributed by atoms with Crippen LogP contribution in [0.15, 0.2) is 65.1 Å². The fraction of sp³-hybridized carbons (Fsp3) is 0.346. The molecule has 2 aliphatic rings. The summed E-state index contributed by atoms with van der Waals surface area (Å²) in [6, 6.07) is 21.7. The van der Waals surface area contributed by atoms with Crippen molar-refractivity contribution in [1.82, 2.24) is 0 Å². The second kappa shape index (κ2) is 7.79. The van der Waals surface area contributed by atoms with Crippen LogP contribution in [0.5, 0.6) is 0 Å². The monoisotopic (exact) mass is 495 g/mol. The summed E-state index contributed by atoms with van der Waals surface area (Å²) in [7, 11) is 0. The molecule has 0 amide bonds. The highest BCUT2D eigenvalue weighted by Gasteiger charge is 2.60. The molecule has 1 spiro atoms. The Kier molecular flexibility index (Phi) is 5.22. The summed E-state index contributed by atoms with van der Waals surface area (Å²) < 4.78 is 1.05. The van der Waals surface area contributed by atoms with Gasteiger partial charge in [0.15, 0.2) is 0 Å². The molecule has 2 N–H and O–H groups in total. The van der Waals surface area contributed by atoms with Crippen molar-refractivity contribution in [1.29, 1.82) is 0 Å². The van der Waals surface area contributed by atoms with Crippen LogP contribution in [0, 0.1) is 12.8 Å². The molecule has 1 fully saturated rings. The second-order valence-electron chi connectivity index (χ2n) is 8.98. The van der Waals surface area contributed by atoms with Gasteiger partial charge in [-0.3, -0.25) is 4.79 Å². The number of aliphatic carboxylic acids is 1. The molecule has 1 heterocycles. The lowest BCUT2D eigenvalue weighted by Crippen LogP contribution is -2.53. The van der Waals surface area contributed by atoms with E-state index in [1.807, 2.05) is 17.4 Å². The molecule has 0 aliphatic heterocycles. The van der Waals surface area contributed by atoms with E-state index in [9.17, 15) is 9.90 Å². The Morgan fingerprint density at radius 2 is 1.87 bits per heavy atom. The molecule has 3 nitrogen and oxygen atoms in total. The Labute approximate surface area is 195 Å². The van der Waals surface area contributed by atoms with Crippen molar-refractivity contribution >= 4 is 38.9 Å². The molecule has 31 heavy (non-hydrogen) atoms. The number of hydrogen-bond acceptors (Lipinski definition) is 3. The number of carbonyl (C=O) groups is 1. The van der Waals surface area contributed by atoms with Crippen molar-refractivity contribution < 1.29 is 9.90 Å². The summed E-state index contributed by atoms with van der Waals surface area (Å²) >= 11 is 5.49. The maximum absolute atomic E-state index is 11.7. The molecular weight excluding hydrogens is 470 g/mol. The molecule has 0 radical (unpaired) electrons. The van der Waals surface area contributed by atoms with E-state index < -0.39 is 5.97 Å². The van der Waals surface area contributed by atoms with Gasteiger partial charge in [0, 0.05) is 31.8 Å². The van der Waals surface area contributed by atoms with Crippen LogP contribution in [0.25, 0.3) is 0 Å². The molecular formula is C26H26BrNO2S. The summed E-state index contributed by atoms with van der Waals surface area (Å²) in [6.45, 7) is 2.16. The predicted octanol–water partition coefficient (Wildman–Crippen LogP) is 6.90. The van der Waals surface area contributed by atoms with Gasteiger partial charge in [-0.05, 0) is 74.1 Å². The van der Waals surface area contributed by atoms with Gasteiger partial charge in [0.05, 0.1) is 11.5 Å². The first-order chi connectivity index (χ1) is 14.9. The van der Waals surface area contributed by atoms with E-state index >= 15 is 0 Å². The first-order valence-corrected chi connectivity index (χ1v) is 12.5. The SMILES string of the molecule is Cc1ccc(C2(Nc3cccc(Br)c3)Cc3ccccc3C23CCC(C(=O)O)CC3)s1. The van der Waals surface area contributed by atoms with Gasteiger partial charge >= 0.3 is 5.97 Å². The first-order valence-electron chi connectivity index (χ1n) is 10.9. The molecule has 1 atom stereocenters. The smallest absolute Gasteiger partial charge is 0.306 e. The third-order valence-corrected chi connectivity index (χ3v) is 8.99. The lowest BCUT2D eigenvalue weighted by molar-refractivity contribution is -0.143. The quantitative estimate of drug-likeness (QED) is 0.413. The molecule has 1 saturated carbocycles. The summed E-state index contributed by atoms with van der Waals surface area (Å²) in [6.07, 6.45) is 4.09. The Balaban J connectivity index is 1.69. The van der Waals surface area contributed by atoms with Crippen LogP contribution < -0.4 is 5.32 Å². The Bertz CT molecular complexity index is 1130. The third kappa shape index (κ3) is 3.33. The number of hydrogen-bond donors (Lipinski definition) is 2. The van der Waals surface area contributed by atoms with Gasteiger partial charge in [-0.15, -0.1) is 11.3 Å². The van der Waals surface area contributed by atoms with Crippen molar-refractivity contribution in [3.8, 4) is 0 Å². The number of halogens is 1. The molecule has 2 aliphatic carbocycles.